The summed E-state index contributed by atoms with van der Waals surface area (Å²) in [6.45, 7) is 3.05. The van der Waals surface area contributed by atoms with Crippen LogP contribution in [0.3, 0.4) is 0 Å². The van der Waals surface area contributed by atoms with Crippen molar-refractivity contribution >= 4 is 5.91 Å². The Morgan fingerprint density at radius 2 is 2.12 bits per heavy atom. The van der Waals surface area contributed by atoms with Gasteiger partial charge in [0.1, 0.15) is 5.82 Å². The van der Waals surface area contributed by atoms with Crippen molar-refractivity contribution in [2.75, 3.05) is 6.54 Å². The number of allylic oxidation sites excluding steroid dienone is 2. The van der Waals surface area contributed by atoms with Gasteiger partial charge in [-0.15, -0.1) is 0 Å². The van der Waals surface area contributed by atoms with E-state index in [1.165, 1.54) is 32.1 Å². The van der Waals surface area contributed by atoms with Crippen LogP contribution in [0, 0.1) is 0 Å². The van der Waals surface area contributed by atoms with Gasteiger partial charge in [-0.3, -0.25) is 4.79 Å². The van der Waals surface area contributed by atoms with Crippen molar-refractivity contribution in [3.63, 3.8) is 0 Å². The molecule has 0 aromatic carbocycles. The monoisotopic (exact) mass is 356 g/mol. The lowest BCUT2D eigenvalue weighted by atomic mass is 9.94. The lowest BCUT2D eigenvalue weighted by Gasteiger charge is -2.30. The summed E-state index contributed by atoms with van der Waals surface area (Å²) < 4.78 is 0. The molecule has 26 heavy (non-hydrogen) atoms. The molecular weight excluding hydrogens is 324 g/mol. The average molecular weight is 357 g/mol. The predicted octanol–water partition coefficient (Wildman–Crippen LogP) is 2.39. The molecule has 0 aromatic rings. The number of rotatable bonds is 8. The van der Waals surface area contributed by atoms with E-state index >= 15 is 0 Å². The highest BCUT2D eigenvalue weighted by Gasteiger charge is 2.23. The molecule has 3 rings (SSSR count). The number of fused-ring (bicyclic) bond motifs is 1. The maximum atomic E-state index is 11.8. The van der Waals surface area contributed by atoms with Crippen molar-refractivity contribution < 1.29 is 4.79 Å². The van der Waals surface area contributed by atoms with Crippen LogP contribution in [0.4, 0.5) is 0 Å². The number of hydrogen-bond acceptors (Lipinski definition) is 4. The second-order valence-electron chi connectivity index (χ2n) is 7.49. The minimum Gasteiger partial charge on any atom is -0.371 e. The fraction of sp³-hybridized carbons (Fsp3) is 0.571. The molecule has 1 heterocycles. The van der Waals surface area contributed by atoms with E-state index in [4.69, 9.17) is 5.73 Å². The largest absolute Gasteiger partial charge is 0.371 e. The Morgan fingerprint density at radius 1 is 1.31 bits per heavy atom. The van der Waals surface area contributed by atoms with Gasteiger partial charge in [0.05, 0.1) is 11.6 Å². The summed E-state index contributed by atoms with van der Waals surface area (Å²) in [5.41, 5.74) is 7.18. The third kappa shape index (κ3) is 4.79. The van der Waals surface area contributed by atoms with Crippen LogP contribution < -0.4 is 21.7 Å². The van der Waals surface area contributed by atoms with Crippen molar-refractivity contribution in [2.24, 2.45) is 5.73 Å². The summed E-state index contributed by atoms with van der Waals surface area (Å²) in [5, 5.41) is 10.6. The van der Waals surface area contributed by atoms with Gasteiger partial charge in [0.25, 0.3) is 5.91 Å². The van der Waals surface area contributed by atoms with Crippen molar-refractivity contribution in [3.8, 4) is 0 Å². The highest BCUT2D eigenvalue weighted by molar-refractivity contribution is 5.96. The van der Waals surface area contributed by atoms with E-state index in [1.807, 2.05) is 24.3 Å². The quantitative estimate of drug-likeness (QED) is 0.538. The number of carbonyl (C=O) groups excluding carboxylic acids is 1. The fourth-order valence-electron chi connectivity index (χ4n) is 4.02. The van der Waals surface area contributed by atoms with Gasteiger partial charge in [0.15, 0.2) is 0 Å². The van der Waals surface area contributed by atoms with Gasteiger partial charge in [-0.2, -0.15) is 0 Å². The summed E-state index contributed by atoms with van der Waals surface area (Å²) in [6.07, 6.45) is 18.8. The maximum absolute atomic E-state index is 11.8. The fourth-order valence-corrected chi connectivity index (χ4v) is 4.02. The molecule has 1 aliphatic heterocycles. The minimum atomic E-state index is -0.402. The van der Waals surface area contributed by atoms with E-state index in [0.29, 0.717) is 17.7 Å². The third-order valence-corrected chi connectivity index (χ3v) is 5.57. The molecule has 1 saturated carbocycles. The molecule has 3 aliphatic rings. The Balaban J connectivity index is 1.56. The van der Waals surface area contributed by atoms with Crippen LogP contribution in [0.15, 0.2) is 47.3 Å². The third-order valence-electron chi connectivity index (χ3n) is 5.57. The molecule has 1 fully saturated rings. The van der Waals surface area contributed by atoms with Crippen LogP contribution >= 0.6 is 0 Å². The molecule has 5 N–H and O–H groups in total. The number of carbonyl (C=O) groups is 1. The molecule has 5 heteroatoms. The number of primary amides is 1. The van der Waals surface area contributed by atoms with E-state index in [-0.39, 0.29) is 6.04 Å². The maximum Gasteiger partial charge on any atom is 0.252 e. The number of nitrogens with one attached hydrogen (secondary N) is 3. The zero-order chi connectivity index (χ0) is 18.4. The second-order valence-corrected chi connectivity index (χ2v) is 7.49. The lowest BCUT2D eigenvalue weighted by molar-refractivity contribution is -0.114. The van der Waals surface area contributed by atoms with E-state index in [1.54, 1.807) is 0 Å². The first kappa shape index (κ1) is 18.8. The van der Waals surface area contributed by atoms with Crippen LogP contribution in [0.25, 0.3) is 0 Å². The van der Waals surface area contributed by atoms with Gasteiger partial charge in [-0.1, -0.05) is 50.5 Å². The van der Waals surface area contributed by atoms with E-state index < -0.39 is 5.91 Å². The molecule has 5 nitrogen and oxygen atoms in total. The molecule has 142 valence electrons. The molecule has 1 unspecified atom stereocenters. The molecule has 2 atom stereocenters. The van der Waals surface area contributed by atoms with E-state index in [0.717, 1.165) is 30.8 Å². The Bertz CT molecular complexity index is 626. The number of dihydropyridines is 1. The van der Waals surface area contributed by atoms with Crippen LogP contribution in [0.5, 0.6) is 0 Å². The van der Waals surface area contributed by atoms with Gasteiger partial charge in [0.2, 0.25) is 0 Å². The average Bonchev–Trinajstić information content (AvgIpc) is 2.67. The van der Waals surface area contributed by atoms with Crippen LogP contribution in [0.2, 0.25) is 0 Å². The van der Waals surface area contributed by atoms with Crippen molar-refractivity contribution in [1.29, 1.82) is 0 Å². The molecular formula is C21H32N4O. The molecule has 2 aliphatic carbocycles. The Labute approximate surface area is 156 Å². The van der Waals surface area contributed by atoms with Gasteiger partial charge >= 0.3 is 0 Å². The summed E-state index contributed by atoms with van der Waals surface area (Å²) in [4.78, 5) is 11.8. The van der Waals surface area contributed by atoms with Gasteiger partial charge < -0.3 is 21.7 Å². The normalized spacial score (nSPS) is 23.9. The van der Waals surface area contributed by atoms with Crippen molar-refractivity contribution in [2.45, 2.75) is 70.0 Å². The number of amides is 1. The zero-order valence-electron chi connectivity index (χ0n) is 15.8. The summed E-state index contributed by atoms with van der Waals surface area (Å²) >= 11 is 0. The predicted molar refractivity (Wildman–Crippen MR) is 106 cm³/mol. The first-order chi connectivity index (χ1) is 12.7. The molecule has 0 radical (unpaired) electrons. The van der Waals surface area contributed by atoms with Gasteiger partial charge in [0, 0.05) is 18.6 Å². The SMILES string of the molecule is CC[C@H](CCNC1=C(C(N)=O)C=C2C=CC=CC2N1)NC1CCCCC1. The molecule has 0 saturated heterocycles. The van der Waals surface area contributed by atoms with E-state index in [9.17, 15) is 4.79 Å². The minimum absolute atomic E-state index is 0.105. The smallest absolute Gasteiger partial charge is 0.252 e. The Hall–Kier alpha value is -2.01. The summed E-state index contributed by atoms with van der Waals surface area (Å²) in [7, 11) is 0. The standard InChI is InChI=1S/C21H32N4O/c1-2-16(24-17-9-4-3-5-10-17)12-13-23-21-18(20(22)26)14-15-8-6-7-11-19(15)25-21/h6-8,11,14,16-17,19,23-25H,2-5,9-10,12-13H2,1H3,(H2,22,26)/t16-,19?/m1/s1. The Kier molecular flexibility index (Phi) is 6.56. The van der Waals surface area contributed by atoms with Crippen molar-refractivity contribution in [3.05, 3.63) is 47.3 Å². The zero-order valence-corrected chi connectivity index (χ0v) is 15.8. The summed E-state index contributed by atoms with van der Waals surface area (Å²) in [6, 6.07) is 1.29. The topological polar surface area (TPSA) is 79.2 Å². The Morgan fingerprint density at radius 3 is 2.85 bits per heavy atom. The summed E-state index contributed by atoms with van der Waals surface area (Å²) in [5.74, 6) is 0.347. The van der Waals surface area contributed by atoms with Gasteiger partial charge in [-0.25, -0.2) is 0 Å². The van der Waals surface area contributed by atoms with E-state index in [2.05, 4.69) is 29.0 Å². The first-order valence-corrected chi connectivity index (χ1v) is 10.0. The highest BCUT2D eigenvalue weighted by atomic mass is 16.1. The number of nitrogens with two attached hydrogens (primary N) is 1. The van der Waals surface area contributed by atoms with Crippen molar-refractivity contribution in [1.82, 2.24) is 16.0 Å². The van der Waals surface area contributed by atoms with Crippen LogP contribution in [0.1, 0.15) is 51.9 Å². The molecule has 0 bridgehead atoms. The molecule has 0 aromatic heterocycles. The highest BCUT2D eigenvalue weighted by Crippen LogP contribution is 2.21. The lowest BCUT2D eigenvalue weighted by Crippen LogP contribution is -2.43. The first-order valence-electron chi connectivity index (χ1n) is 10.0. The van der Waals surface area contributed by atoms with Crippen LogP contribution in [-0.4, -0.2) is 30.6 Å². The van der Waals surface area contributed by atoms with Crippen LogP contribution in [-0.2, 0) is 4.79 Å². The number of hydrogen-bond donors (Lipinski definition) is 4. The van der Waals surface area contributed by atoms with Gasteiger partial charge in [-0.05, 0) is 37.3 Å². The molecule has 0 spiro atoms. The second kappa shape index (κ2) is 9.08. The molecule has 1 amide bonds.